The summed E-state index contributed by atoms with van der Waals surface area (Å²) in [6.07, 6.45) is 0. The Morgan fingerprint density at radius 3 is 2.12 bits per heavy atom. The van der Waals surface area contributed by atoms with Crippen LogP contribution in [0.3, 0.4) is 0 Å². The van der Waals surface area contributed by atoms with Crippen molar-refractivity contribution < 1.29 is 0 Å². The van der Waals surface area contributed by atoms with Gasteiger partial charge in [-0.05, 0) is 23.0 Å². The van der Waals surface area contributed by atoms with Gasteiger partial charge in [-0.15, -0.1) is 0 Å². The maximum absolute atomic E-state index is 6.59. The lowest BCUT2D eigenvalue weighted by Gasteiger charge is -2.38. The van der Waals surface area contributed by atoms with Crippen LogP contribution in [0.5, 0.6) is 0 Å². The number of hydrogen-bond donors (Lipinski definition) is 2. The summed E-state index contributed by atoms with van der Waals surface area (Å²) in [5, 5.41) is 0. The lowest BCUT2D eigenvalue weighted by atomic mass is 9.72. The highest BCUT2D eigenvalue weighted by molar-refractivity contribution is 5.30. The molecule has 4 N–H and O–H groups in total. The highest BCUT2D eigenvalue weighted by atomic mass is 14.8. The van der Waals surface area contributed by atoms with Crippen molar-refractivity contribution >= 4 is 0 Å². The second-order valence-electron chi connectivity index (χ2n) is 5.15. The molecule has 0 aromatic heterocycles. The summed E-state index contributed by atoms with van der Waals surface area (Å²) in [6, 6.07) is 8.34. The molecule has 2 heteroatoms. The van der Waals surface area contributed by atoms with Crippen LogP contribution in [0, 0.1) is 11.8 Å². The van der Waals surface area contributed by atoms with Gasteiger partial charge >= 0.3 is 0 Å². The minimum atomic E-state index is -0.273. The van der Waals surface area contributed by atoms with Crippen molar-refractivity contribution in [2.75, 3.05) is 0 Å². The predicted molar refractivity (Wildman–Crippen MR) is 69.9 cm³/mol. The van der Waals surface area contributed by atoms with E-state index in [0.29, 0.717) is 18.4 Å². The molecule has 0 aliphatic carbocycles. The van der Waals surface area contributed by atoms with Crippen molar-refractivity contribution in [1.29, 1.82) is 0 Å². The van der Waals surface area contributed by atoms with Gasteiger partial charge in [0.1, 0.15) is 0 Å². The molecule has 16 heavy (non-hydrogen) atoms. The fourth-order valence-corrected chi connectivity index (χ4v) is 2.30. The molecule has 0 radical (unpaired) electrons. The minimum absolute atomic E-state index is 0.273. The summed E-state index contributed by atoms with van der Waals surface area (Å²) in [4.78, 5) is 0. The van der Waals surface area contributed by atoms with Gasteiger partial charge in [0.25, 0.3) is 0 Å². The van der Waals surface area contributed by atoms with Crippen molar-refractivity contribution in [1.82, 2.24) is 0 Å². The Bertz CT molecular complexity index is 334. The van der Waals surface area contributed by atoms with Gasteiger partial charge in [-0.2, -0.15) is 0 Å². The molecule has 1 rings (SSSR count). The largest absolute Gasteiger partial charge is 0.326 e. The molecule has 0 amide bonds. The first kappa shape index (κ1) is 13.2. The van der Waals surface area contributed by atoms with E-state index in [0.717, 1.165) is 5.56 Å². The summed E-state index contributed by atoms with van der Waals surface area (Å²) < 4.78 is 0. The highest BCUT2D eigenvalue weighted by Gasteiger charge is 2.34. The Kier molecular flexibility index (Phi) is 4.11. The fourth-order valence-electron chi connectivity index (χ4n) is 2.30. The molecular formula is C14H24N2. The van der Waals surface area contributed by atoms with Crippen LogP contribution >= 0.6 is 0 Å². The molecule has 0 saturated carbocycles. The van der Waals surface area contributed by atoms with E-state index in [4.69, 9.17) is 11.5 Å². The van der Waals surface area contributed by atoms with Gasteiger partial charge in [-0.3, -0.25) is 0 Å². The third-order valence-corrected chi connectivity index (χ3v) is 3.57. The van der Waals surface area contributed by atoms with Gasteiger partial charge in [-0.25, -0.2) is 0 Å². The molecule has 0 aliphatic rings. The van der Waals surface area contributed by atoms with Gasteiger partial charge in [0, 0.05) is 12.1 Å². The van der Waals surface area contributed by atoms with Gasteiger partial charge in [-0.1, -0.05) is 52.0 Å². The van der Waals surface area contributed by atoms with Crippen LogP contribution in [0.2, 0.25) is 0 Å². The van der Waals surface area contributed by atoms with Gasteiger partial charge in [0.2, 0.25) is 0 Å². The normalized spacial score (nSPS) is 12.5. The number of rotatable bonds is 4. The van der Waals surface area contributed by atoms with Gasteiger partial charge in [0.05, 0.1) is 0 Å². The molecule has 0 atom stereocenters. The van der Waals surface area contributed by atoms with E-state index in [9.17, 15) is 0 Å². The quantitative estimate of drug-likeness (QED) is 0.819. The third-order valence-electron chi connectivity index (χ3n) is 3.57. The summed E-state index contributed by atoms with van der Waals surface area (Å²) >= 11 is 0. The standard InChI is InChI=1S/C14H24N2/c1-10(2)14(16,11(3)4)13-7-5-6-12(8-13)9-15/h5-8,10-11H,9,15-16H2,1-4H3. The molecule has 0 bridgehead atoms. The van der Waals surface area contributed by atoms with Crippen molar-refractivity contribution in [3.05, 3.63) is 35.4 Å². The molecule has 0 fully saturated rings. The first-order valence-corrected chi connectivity index (χ1v) is 6.01. The van der Waals surface area contributed by atoms with E-state index in [2.05, 4.69) is 39.8 Å². The van der Waals surface area contributed by atoms with E-state index < -0.39 is 0 Å². The number of hydrogen-bond acceptors (Lipinski definition) is 2. The lowest BCUT2D eigenvalue weighted by Crippen LogP contribution is -2.46. The van der Waals surface area contributed by atoms with Crippen molar-refractivity contribution in [2.24, 2.45) is 23.3 Å². The first-order valence-electron chi connectivity index (χ1n) is 6.01. The molecule has 1 aromatic rings. The Morgan fingerprint density at radius 2 is 1.69 bits per heavy atom. The molecule has 0 heterocycles. The SMILES string of the molecule is CC(C)C(N)(c1cccc(CN)c1)C(C)C. The first-order chi connectivity index (χ1) is 7.42. The van der Waals surface area contributed by atoms with Gasteiger partial charge < -0.3 is 11.5 Å². The second-order valence-corrected chi connectivity index (χ2v) is 5.15. The average molecular weight is 220 g/mol. The number of benzene rings is 1. The summed E-state index contributed by atoms with van der Waals surface area (Å²) in [6.45, 7) is 9.27. The van der Waals surface area contributed by atoms with Crippen LogP contribution in [0.4, 0.5) is 0 Å². The zero-order chi connectivity index (χ0) is 12.3. The minimum Gasteiger partial charge on any atom is -0.326 e. The van der Waals surface area contributed by atoms with Crippen LogP contribution in [0.1, 0.15) is 38.8 Å². The smallest absolute Gasteiger partial charge is 0.0456 e. The topological polar surface area (TPSA) is 52.0 Å². The Morgan fingerprint density at radius 1 is 1.12 bits per heavy atom. The molecule has 0 aliphatic heterocycles. The van der Waals surface area contributed by atoms with Crippen molar-refractivity contribution in [3.8, 4) is 0 Å². The van der Waals surface area contributed by atoms with Gasteiger partial charge in [0.15, 0.2) is 0 Å². The summed E-state index contributed by atoms with van der Waals surface area (Å²) in [5.74, 6) is 0.807. The van der Waals surface area contributed by atoms with Crippen LogP contribution in [-0.2, 0) is 12.1 Å². The number of nitrogens with two attached hydrogens (primary N) is 2. The van der Waals surface area contributed by atoms with E-state index in [1.807, 2.05) is 12.1 Å². The van der Waals surface area contributed by atoms with Crippen LogP contribution < -0.4 is 11.5 Å². The molecular weight excluding hydrogens is 196 g/mol. The fraction of sp³-hybridized carbons (Fsp3) is 0.571. The van der Waals surface area contributed by atoms with Crippen molar-refractivity contribution in [3.63, 3.8) is 0 Å². The molecule has 2 nitrogen and oxygen atoms in total. The molecule has 0 saturated heterocycles. The lowest BCUT2D eigenvalue weighted by molar-refractivity contribution is 0.227. The summed E-state index contributed by atoms with van der Waals surface area (Å²) in [5.41, 5.74) is 14.3. The zero-order valence-corrected chi connectivity index (χ0v) is 10.8. The maximum Gasteiger partial charge on any atom is 0.0456 e. The van der Waals surface area contributed by atoms with E-state index in [1.54, 1.807) is 0 Å². The molecule has 90 valence electrons. The average Bonchev–Trinajstić information content (AvgIpc) is 2.27. The Labute approximate surface area is 99.0 Å². The predicted octanol–water partition coefficient (Wildman–Crippen LogP) is 2.61. The van der Waals surface area contributed by atoms with E-state index in [-0.39, 0.29) is 5.54 Å². The summed E-state index contributed by atoms with van der Waals surface area (Å²) in [7, 11) is 0. The molecule has 1 aromatic carbocycles. The Balaban J connectivity index is 3.21. The molecule has 0 unspecified atom stereocenters. The van der Waals surface area contributed by atoms with Crippen LogP contribution in [-0.4, -0.2) is 0 Å². The molecule has 0 spiro atoms. The second kappa shape index (κ2) is 4.98. The van der Waals surface area contributed by atoms with E-state index >= 15 is 0 Å². The third kappa shape index (κ3) is 2.28. The van der Waals surface area contributed by atoms with Crippen LogP contribution in [0.15, 0.2) is 24.3 Å². The monoisotopic (exact) mass is 220 g/mol. The van der Waals surface area contributed by atoms with E-state index in [1.165, 1.54) is 5.56 Å². The maximum atomic E-state index is 6.59. The highest BCUT2D eigenvalue weighted by Crippen LogP contribution is 2.34. The van der Waals surface area contributed by atoms with Crippen LogP contribution in [0.25, 0.3) is 0 Å². The van der Waals surface area contributed by atoms with Crippen molar-refractivity contribution in [2.45, 2.75) is 39.8 Å². The Hall–Kier alpha value is -0.860. The zero-order valence-electron chi connectivity index (χ0n) is 10.8.